The van der Waals surface area contributed by atoms with Gasteiger partial charge in [-0.1, -0.05) is 26.8 Å². The van der Waals surface area contributed by atoms with Gasteiger partial charge in [0.25, 0.3) is 0 Å². The molecule has 0 saturated heterocycles. The van der Waals surface area contributed by atoms with Crippen molar-refractivity contribution in [3.8, 4) is 6.07 Å². The molecule has 0 aliphatic heterocycles. The number of hydrogen-bond donors (Lipinski definition) is 0. The topological polar surface area (TPSA) is 28.7 Å². The van der Waals surface area contributed by atoms with Crippen LogP contribution in [-0.4, -0.2) is 4.57 Å². The monoisotopic (exact) mass is 226 g/mol. The Morgan fingerprint density at radius 2 is 1.88 bits per heavy atom. The van der Waals surface area contributed by atoms with Crippen LogP contribution in [0.5, 0.6) is 0 Å². The van der Waals surface area contributed by atoms with E-state index in [0.29, 0.717) is 0 Å². The Bertz CT molecular complexity index is 619. The van der Waals surface area contributed by atoms with E-state index in [1.165, 1.54) is 5.56 Å². The standard InChI is InChI=1S/C15H18N2/c1-10-13(9-16)12-8-11(15(2,3)4)6-7-14(12)17(10)5/h6-8H,1-5H3. The largest absolute Gasteiger partial charge is 0.347 e. The van der Waals surface area contributed by atoms with Crippen molar-refractivity contribution < 1.29 is 0 Å². The van der Waals surface area contributed by atoms with Gasteiger partial charge in [0.2, 0.25) is 0 Å². The molecule has 0 aliphatic rings. The Morgan fingerprint density at radius 1 is 1.24 bits per heavy atom. The van der Waals surface area contributed by atoms with Crippen molar-refractivity contribution in [1.29, 1.82) is 5.26 Å². The summed E-state index contributed by atoms with van der Waals surface area (Å²) in [6.07, 6.45) is 0. The maximum Gasteiger partial charge on any atom is 0.102 e. The third-order valence-corrected chi connectivity index (χ3v) is 3.47. The molecule has 0 saturated carbocycles. The molecule has 1 aromatic heterocycles. The third-order valence-electron chi connectivity index (χ3n) is 3.47. The molecule has 2 nitrogen and oxygen atoms in total. The summed E-state index contributed by atoms with van der Waals surface area (Å²) >= 11 is 0. The summed E-state index contributed by atoms with van der Waals surface area (Å²) in [4.78, 5) is 0. The lowest BCUT2D eigenvalue weighted by Crippen LogP contribution is -2.10. The third kappa shape index (κ3) is 1.72. The van der Waals surface area contributed by atoms with Crippen molar-refractivity contribution in [3.63, 3.8) is 0 Å². The fourth-order valence-electron chi connectivity index (χ4n) is 2.18. The minimum Gasteiger partial charge on any atom is -0.347 e. The molecule has 2 rings (SSSR count). The second-order valence-corrected chi connectivity index (χ2v) is 5.61. The van der Waals surface area contributed by atoms with Crippen molar-refractivity contribution in [1.82, 2.24) is 4.57 Å². The van der Waals surface area contributed by atoms with E-state index in [4.69, 9.17) is 0 Å². The molecule has 0 aliphatic carbocycles. The van der Waals surface area contributed by atoms with E-state index < -0.39 is 0 Å². The predicted octanol–water partition coefficient (Wildman–Crippen LogP) is 3.66. The van der Waals surface area contributed by atoms with Gasteiger partial charge in [-0.15, -0.1) is 0 Å². The smallest absolute Gasteiger partial charge is 0.102 e. The molecule has 88 valence electrons. The van der Waals surface area contributed by atoms with E-state index in [9.17, 15) is 5.26 Å². The van der Waals surface area contributed by atoms with Gasteiger partial charge in [0.05, 0.1) is 5.56 Å². The molecule has 0 spiro atoms. The fourth-order valence-corrected chi connectivity index (χ4v) is 2.18. The molecule has 0 atom stereocenters. The van der Waals surface area contributed by atoms with Crippen LogP contribution in [0.25, 0.3) is 10.9 Å². The lowest BCUT2D eigenvalue weighted by atomic mass is 9.86. The van der Waals surface area contributed by atoms with Gasteiger partial charge in [0.15, 0.2) is 0 Å². The Hall–Kier alpha value is -1.75. The van der Waals surface area contributed by atoms with Crippen LogP contribution in [0.4, 0.5) is 0 Å². The first kappa shape index (κ1) is 11.7. The van der Waals surface area contributed by atoms with Crippen LogP contribution in [0, 0.1) is 18.3 Å². The predicted molar refractivity (Wildman–Crippen MR) is 71.1 cm³/mol. The number of nitrogens with zero attached hydrogens (tertiary/aromatic N) is 2. The van der Waals surface area contributed by atoms with Crippen LogP contribution in [-0.2, 0) is 12.5 Å². The number of nitriles is 1. The van der Waals surface area contributed by atoms with Crippen molar-refractivity contribution in [2.45, 2.75) is 33.1 Å². The highest BCUT2D eigenvalue weighted by Gasteiger charge is 2.17. The highest BCUT2D eigenvalue weighted by atomic mass is 14.9. The number of benzene rings is 1. The van der Waals surface area contributed by atoms with Crippen molar-refractivity contribution in [2.75, 3.05) is 0 Å². The molecular weight excluding hydrogens is 208 g/mol. The first-order valence-electron chi connectivity index (χ1n) is 5.86. The molecular formula is C15H18N2. The molecule has 2 aromatic rings. The summed E-state index contributed by atoms with van der Waals surface area (Å²) in [5.41, 5.74) is 4.35. The minimum absolute atomic E-state index is 0.116. The van der Waals surface area contributed by atoms with Gasteiger partial charge in [-0.2, -0.15) is 5.26 Å². The normalized spacial score (nSPS) is 11.8. The van der Waals surface area contributed by atoms with E-state index in [0.717, 1.165) is 22.2 Å². The zero-order valence-corrected chi connectivity index (χ0v) is 11.1. The Kier molecular flexibility index (Phi) is 2.50. The quantitative estimate of drug-likeness (QED) is 0.674. The summed E-state index contributed by atoms with van der Waals surface area (Å²) in [5, 5.41) is 10.3. The number of fused-ring (bicyclic) bond motifs is 1. The van der Waals surface area contributed by atoms with Crippen molar-refractivity contribution in [3.05, 3.63) is 35.0 Å². The fraction of sp³-hybridized carbons (Fsp3) is 0.400. The number of aromatic nitrogens is 1. The first-order valence-corrected chi connectivity index (χ1v) is 5.86. The molecule has 0 N–H and O–H groups in total. The molecule has 0 amide bonds. The number of aryl methyl sites for hydroxylation is 1. The highest BCUT2D eigenvalue weighted by Crippen LogP contribution is 2.30. The van der Waals surface area contributed by atoms with Crippen LogP contribution in [0.2, 0.25) is 0 Å². The molecule has 1 heterocycles. The molecule has 0 fully saturated rings. The maximum absolute atomic E-state index is 9.26. The van der Waals surface area contributed by atoms with E-state index in [1.54, 1.807) is 0 Å². The van der Waals surface area contributed by atoms with Crippen molar-refractivity contribution >= 4 is 10.9 Å². The highest BCUT2D eigenvalue weighted by molar-refractivity contribution is 5.88. The van der Waals surface area contributed by atoms with Crippen LogP contribution in [0.3, 0.4) is 0 Å². The SMILES string of the molecule is Cc1c(C#N)c2cc(C(C)(C)C)ccc2n1C. The average molecular weight is 226 g/mol. The molecule has 1 aromatic carbocycles. The van der Waals surface area contributed by atoms with Gasteiger partial charge >= 0.3 is 0 Å². The summed E-state index contributed by atoms with van der Waals surface area (Å²) in [6.45, 7) is 8.57. The van der Waals surface area contributed by atoms with Gasteiger partial charge in [0.1, 0.15) is 6.07 Å². The van der Waals surface area contributed by atoms with Crippen LogP contribution in [0.15, 0.2) is 18.2 Å². The summed E-state index contributed by atoms with van der Waals surface area (Å²) in [7, 11) is 2.01. The van der Waals surface area contributed by atoms with Gasteiger partial charge in [0, 0.05) is 23.6 Å². The molecule has 2 heteroatoms. The Balaban J connectivity index is 2.83. The molecule has 0 radical (unpaired) electrons. The van der Waals surface area contributed by atoms with Crippen LogP contribution >= 0.6 is 0 Å². The van der Waals surface area contributed by atoms with Gasteiger partial charge < -0.3 is 4.57 Å². The molecule has 0 bridgehead atoms. The summed E-state index contributed by atoms with van der Waals surface area (Å²) < 4.78 is 2.08. The number of rotatable bonds is 0. The Labute approximate surface area is 102 Å². The van der Waals surface area contributed by atoms with E-state index >= 15 is 0 Å². The number of hydrogen-bond acceptors (Lipinski definition) is 1. The molecule has 0 unspecified atom stereocenters. The average Bonchev–Trinajstić information content (AvgIpc) is 2.50. The van der Waals surface area contributed by atoms with Crippen LogP contribution < -0.4 is 0 Å². The lowest BCUT2D eigenvalue weighted by molar-refractivity contribution is 0.591. The van der Waals surface area contributed by atoms with Gasteiger partial charge in [-0.3, -0.25) is 0 Å². The zero-order valence-electron chi connectivity index (χ0n) is 11.1. The van der Waals surface area contributed by atoms with Crippen LogP contribution in [0.1, 0.15) is 37.6 Å². The van der Waals surface area contributed by atoms with E-state index in [1.807, 2.05) is 14.0 Å². The molecule has 17 heavy (non-hydrogen) atoms. The summed E-state index contributed by atoms with van der Waals surface area (Å²) in [6, 6.07) is 8.74. The van der Waals surface area contributed by atoms with E-state index in [-0.39, 0.29) is 5.41 Å². The summed E-state index contributed by atoms with van der Waals surface area (Å²) in [5.74, 6) is 0. The zero-order chi connectivity index (χ0) is 12.8. The minimum atomic E-state index is 0.116. The second kappa shape index (κ2) is 3.63. The van der Waals surface area contributed by atoms with Crippen molar-refractivity contribution in [2.24, 2.45) is 7.05 Å². The van der Waals surface area contributed by atoms with E-state index in [2.05, 4.69) is 49.6 Å². The maximum atomic E-state index is 9.26. The second-order valence-electron chi connectivity index (χ2n) is 5.61. The first-order chi connectivity index (χ1) is 7.86. The van der Waals surface area contributed by atoms with Gasteiger partial charge in [-0.05, 0) is 30.0 Å². The van der Waals surface area contributed by atoms with Gasteiger partial charge in [-0.25, -0.2) is 0 Å². The lowest BCUT2D eigenvalue weighted by Gasteiger charge is -2.19. The Morgan fingerprint density at radius 3 is 2.41 bits per heavy atom.